The highest BCUT2D eigenvalue weighted by atomic mass is 79.9. The van der Waals surface area contributed by atoms with Crippen LogP contribution >= 0.6 is 15.9 Å². The third-order valence-electron chi connectivity index (χ3n) is 6.20. The number of primary amides is 1. The zero-order valence-corrected chi connectivity index (χ0v) is 22.6. The van der Waals surface area contributed by atoms with Crippen molar-refractivity contribution in [1.82, 2.24) is 19.7 Å². The number of pyridine rings is 1. The number of nitrogens with zero attached hydrogens (tertiary/aromatic N) is 4. The van der Waals surface area contributed by atoms with E-state index >= 15 is 0 Å². The molecule has 0 bridgehead atoms. The van der Waals surface area contributed by atoms with Gasteiger partial charge in [0.25, 0.3) is 0 Å². The number of likely N-dealkylation sites (tertiary alicyclic amines) is 1. The van der Waals surface area contributed by atoms with Crippen LogP contribution in [0.15, 0.2) is 83.6 Å². The van der Waals surface area contributed by atoms with Crippen molar-refractivity contribution in [3.8, 4) is 16.9 Å². The van der Waals surface area contributed by atoms with Gasteiger partial charge in [0, 0.05) is 32.0 Å². The van der Waals surface area contributed by atoms with Gasteiger partial charge < -0.3 is 15.4 Å². The number of carbonyl (C=O) groups is 1. The highest BCUT2D eigenvalue weighted by molar-refractivity contribution is 9.10. The van der Waals surface area contributed by atoms with E-state index in [4.69, 9.17) is 10.5 Å². The lowest BCUT2D eigenvalue weighted by atomic mass is 10.0. The number of hydrogen-bond donors (Lipinski definition) is 2. The van der Waals surface area contributed by atoms with Crippen LogP contribution in [0, 0.1) is 5.82 Å². The van der Waals surface area contributed by atoms with E-state index in [-0.39, 0.29) is 5.82 Å². The van der Waals surface area contributed by atoms with E-state index in [1.165, 1.54) is 6.20 Å². The van der Waals surface area contributed by atoms with Gasteiger partial charge in [-0.25, -0.2) is 13.9 Å². The molecule has 3 N–H and O–H groups in total. The number of anilines is 1. The Balaban J connectivity index is 0.000000186. The van der Waals surface area contributed by atoms with Crippen LogP contribution in [-0.4, -0.2) is 59.0 Å². The minimum absolute atomic E-state index is 0.243. The number of carbonyl (C=O) groups excluding carboxylic acids is 1. The van der Waals surface area contributed by atoms with Gasteiger partial charge in [-0.1, -0.05) is 48.5 Å². The Kier molecular flexibility index (Phi) is 9.58. The molecule has 0 spiro atoms. The normalized spacial score (nSPS) is 15.1. The number of urea groups is 1. The number of amides is 2. The Hall–Kier alpha value is -3.60. The van der Waals surface area contributed by atoms with Crippen molar-refractivity contribution < 1.29 is 13.9 Å². The minimum atomic E-state index is -0.641. The van der Waals surface area contributed by atoms with Crippen LogP contribution in [0.5, 0.6) is 0 Å². The summed E-state index contributed by atoms with van der Waals surface area (Å²) in [6, 6.07) is 20.2. The SMILES string of the molecule is COCCN1CCC(c2cncc(F)c2)C1.NC(=O)Nc1c(Br)c(-c2ccccc2)nn1-c1ccccc1. The molecule has 2 aromatic heterocycles. The number of rotatable bonds is 7. The fourth-order valence-electron chi connectivity index (χ4n) is 4.34. The van der Waals surface area contributed by atoms with Gasteiger partial charge in [0.15, 0.2) is 5.82 Å². The van der Waals surface area contributed by atoms with Gasteiger partial charge >= 0.3 is 6.03 Å². The van der Waals surface area contributed by atoms with Crippen LogP contribution in [0.4, 0.5) is 15.0 Å². The maximum Gasteiger partial charge on any atom is 0.317 e. The zero-order valence-electron chi connectivity index (χ0n) is 21.1. The molecule has 1 atom stereocenters. The molecular weight excluding hydrogens is 551 g/mol. The lowest BCUT2D eigenvalue weighted by Gasteiger charge is -2.15. The largest absolute Gasteiger partial charge is 0.383 e. The fraction of sp³-hybridized carbons (Fsp3) is 0.250. The molecule has 0 aliphatic carbocycles. The number of hydrogen-bond acceptors (Lipinski definition) is 5. The van der Waals surface area contributed by atoms with Crippen molar-refractivity contribution in [2.24, 2.45) is 5.73 Å². The minimum Gasteiger partial charge on any atom is -0.383 e. The van der Waals surface area contributed by atoms with Crippen molar-refractivity contribution in [2.75, 3.05) is 38.7 Å². The predicted molar refractivity (Wildman–Crippen MR) is 150 cm³/mol. The first-order valence-electron chi connectivity index (χ1n) is 12.2. The molecule has 0 radical (unpaired) electrons. The molecule has 2 aromatic carbocycles. The van der Waals surface area contributed by atoms with Crippen LogP contribution in [0.25, 0.3) is 16.9 Å². The van der Waals surface area contributed by atoms with Crippen LogP contribution in [0.2, 0.25) is 0 Å². The number of methoxy groups -OCH3 is 1. The summed E-state index contributed by atoms with van der Waals surface area (Å²) in [6.07, 6.45) is 4.10. The third-order valence-corrected chi connectivity index (χ3v) is 6.95. The van der Waals surface area contributed by atoms with Gasteiger partial charge in [0.2, 0.25) is 0 Å². The molecule has 0 saturated carbocycles. The van der Waals surface area contributed by atoms with Crippen molar-refractivity contribution in [3.63, 3.8) is 0 Å². The molecule has 38 heavy (non-hydrogen) atoms. The predicted octanol–water partition coefficient (Wildman–Crippen LogP) is 5.45. The highest BCUT2D eigenvalue weighted by Gasteiger charge is 2.24. The topological polar surface area (TPSA) is 98.3 Å². The van der Waals surface area contributed by atoms with Crippen molar-refractivity contribution in [1.29, 1.82) is 0 Å². The molecule has 1 aliphatic rings. The molecule has 198 valence electrons. The number of aromatic nitrogens is 3. The lowest BCUT2D eigenvalue weighted by molar-refractivity contribution is 0.160. The summed E-state index contributed by atoms with van der Waals surface area (Å²) in [7, 11) is 1.71. The average Bonchev–Trinajstić information content (AvgIpc) is 3.54. The Labute approximate surface area is 229 Å². The van der Waals surface area contributed by atoms with Crippen LogP contribution in [-0.2, 0) is 4.74 Å². The first-order chi connectivity index (χ1) is 18.5. The summed E-state index contributed by atoms with van der Waals surface area (Å²) in [5, 5.41) is 7.23. The monoisotopic (exact) mass is 580 g/mol. The first-order valence-corrected chi connectivity index (χ1v) is 13.0. The fourth-order valence-corrected chi connectivity index (χ4v) is 4.92. The summed E-state index contributed by atoms with van der Waals surface area (Å²) in [5.41, 5.74) is 8.79. The Morgan fingerprint density at radius 1 is 1.16 bits per heavy atom. The Bertz CT molecular complexity index is 1340. The highest BCUT2D eigenvalue weighted by Crippen LogP contribution is 2.35. The Morgan fingerprint density at radius 3 is 2.53 bits per heavy atom. The average molecular weight is 581 g/mol. The van der Waals surface area contributed by atoms with Gasteiger partial charge in [-0.15, -0.1) is 0 Å². The van der Waals surface area contributed by atoms with Gasteiger partial charge in [-0.2, -0.15) is 5.10 Å². The van der Waals surface area contributed by atoms with E-state index in [1.807, 2.05) is 60.7 Å². The van der Waals surface area contributed by atoms with E-state index < -0.39 is 6.03 Å². The molecule has 4 aromatic rings. The maximum absolute atomic E-state index is 13.0. The molecular formula is C28H30BrFN6O2. The molecule has 1 fully saturated rings. The molecule has 2 amide bonds. The smallest absolute Gasteiger partial charge is 0.317 e. The van der Waals surface area contributed by atoms with Gasteiger partial charge in [0.05, 0.1) is 23.0 Å². The second-order valence-electron chi connectivity index (χ2n) is 8.83. The van der Waals surface area contributed by atoms with Crippen LogP contribution in [0.3, 0.4) is 0 Å². The van der Waals surface area contributed by atoms with E-state index in [2.05, 4.69) is 36.2 Å². The standard InChI is InChI=1S/C16H13BrN4O.C12H17FN2O/c17-13-14(11-7-3-1-4-8-11)20-21(15(13)19-16(18)22)12-9-5-2-6-10-12;1-16-5-4-15-3-2-10(9-15)11-6-12(13)8-14-7-11/h1-10H,(H3,18,19,22);6-8,10H,2-5,9H2,1H3. The number of ether oxygens (including phenoxy) is 1. The number of nitrogens with one attached hydrogen (secondary N) is 1. The number of nitrogens with two attached hydrogens (primary N) is 1. The van der Waals surface area contributed by atoms with Crippen molar-refractivity contribution in [2.45, 2.75) is 12.3 Å². The van der Waals surface area contributed by atoms with E-state index in [9.17, 15) is 9.18 Å². The van der Waals surface area contributed by atoms with Gasteiger partial charge in [-0.05, 0) is 58.6 Å². The number of halogens is 2. The first kappa shape index (κ1) is 27.4. The summed E-state index contributed by atoms with van der Waals surface area (Å²) >= 11 is 3.51. The van der Waals surface area contributed by atoms with Crippen LogP contribution in [0.1, 0.15) is 17.9 Å². The van der Waals surface area contributed by atoms with E-state index in [1.54, 1.807) is 24.1 Å². The second kappa shape index (κ2) is 13.3. The summed E-state index contributed by atoms with van der Waals surface area (Å²) in [4.78, 5) is 17.5. The number of benzene rings is 2. The van der Waals surface area contributed by atoms with Gasteiger partial charge in [0.1, 0.15) is 11.5 Å². The molecule has 1 saturated heterocycles. The summed E-state index contributed by atoms with van der Waals surface area (Å²) in [5.74, 6) is 0.672. The van der Waals surface area contributed by atoms with Gasteiger partial charge in [-0.3, -0.25) is 10.3 Å². The third kappa shape index (κ3) is 7.03. The van der Waals surface area contributed by atoms with E-state index in [0.29, 0.717) is 16.2 Å². The van der Waals surface area contributed by atoms with Crippen molar-refractivity contribution >= 4 is 27.8 Å². The molecule has 10 heteroatoms. The summed E-state index contributed by atoms with van der Waals surface area (Å²) in [6.45, 7) is 3.75. The number of para-hydroxylation sites is 1. The zero-order chi connectivity index (χ0) is 26.9. The van der Waals surface area contributed by atoms with Crippen LogP contribution < -0.4 is 11.1 Å². The molecule has 3 heterocycles. The van der Waals surface area contributed by atoms with Crippen molar-refractivity contribution in [3.05, 3.63) is 95.0 Å². The summed E-state index contributed by atoms with van der Waals surface area (Å²) < 4.78 is 20.4. The molecule has 5 rings (SSSR count). The maximum atomic E-state index is 13.0. The molecule has 1 aliphatic heterocycles. The molecule has 1 unspecified atom stereocenters. The van der Waals surface area contributed by atoms with E-state index in [0.717, 1.165) is 55.2 Å². The quantitative estimate of drug-likeness (QED) is 0.303. The second-order valence-corrected chi connectivity index (χ2v) is 9.62. The molecule has 8 nitrogen and oxygen atoms in total. The lowest BCUT2D eigenvalue weighted by Crippen LogP contribution is -2.24. The Morgan fingerprint density at radius 2 is 1.87 bits per heavy atom.